The second kappa shape index (κ2) is 9.19. The summed E-state index contributed by atoms with van der Waals surface area (Å²) in [6, 6.07) is 6.56. The molecule has 3 aliphatic heterocycles. The van der Waals surface area contributed by atoms with Crippen molar-refractivity contribution < 1.29 is 19.0 Å². The van der Waals surface area contributed by atoms with Crippen molar-refractivity contribution in [2.24, 2.45) is 19.5 Å². The topological polar surface area (TPSA) is 112 Å². The number of pyridine rings is 1. The van der Waals surface area contributed by atoms with E-state index < -0.39 is 0 Å². The fourth-order valence-electron chi connectivity index (χ4n) is 9.12. The van der Waals surface area contributed by atoms with Crippen LogP contribution in [0.1, 0.15) is 56.1 Å². The number of aromatic nitrogens is 6. The van der Waals surface area contributed by atoms with Crippen molar-refractivity contribution in [2.45, 2.75) is 68.9 Å². The Hall–Kier alpha value is -4.22. The summed E-state index contributed by atoms with van der Waals surface area (Å²) in [5.74, 6) is 0. The number of ether oxygens (including phenoxy) is 3. The van der Waals surface area contributed by atoms with Gasteiger partial charge in [0.2, 0.25) is 0 Å². The minimum atomic E-state index is -0.361. The lowest BCUT2D eigenvalue weighted by Gasteiger charge is -2.57. The molecule has 1 atom stereocenters. The highest BCUT2D eigenvalue weighted by Gasteiger charge is 2.61. The lowest BCUT2D eigenvalue weighted by molar-refractivity contribution is -0.181. The molecule has 11 nitrogen and oxygen atoms in total. The summed E-state index contributed by atoms with van der Waals surface area (Å²) in [6.45, 7) is 2.70. The number of aromatic amines is 1. The van der Waals surface area contributed by atoms with Crippen LogP contribution in [0.25, 0.3) is 44.3 Å². The minimum Gasteiger partial charge on any atom is -0.443 e. The quantitative estimate of drug-likeness (QED) is 0.281. The number of piperidine rings is 1. The van der Waals surface area contributed by atoms with Crippen molar-refractivity contribution in [2.75, 3.05) is 19.7 Å². The van der Waals surface area contributed by atoms with Gasteiger partial charge in [-0.05, 0) is 61.6 Å². The summed E-state index contributed by atoms with van der Waals surface area (Å²) in [6.07, 6.45) is 14.2. The van der Waals surface area contributed by atoms with Crippen molar-refractivity contribution >= 4 is 28.0 Å². The molecule has 0 radical (unpaired) electrons. The van der Waals surface area contributed by atoms with Crippen LogP contribution in [0, 0.1) is 5.41 Å². The van der Waals surface area contributed by atoms with Gasteiger partial charge in [0.05, 0.1) is 42.4 Å². The predicted octanol–water partition coefficient (Wildman–Crippen LogP) is 5.58. The van der Waals surface area contributed by atoms with E-state index in [2.05, 4.69) is 33.4 Å². The van der Waals surface area contributed by atoms with Crippen LogP contribution >= 0.6 is 0 Å². The molecule has 5 aromatic rings. The van der Waals surface area contributed by atoms with Crippen LogP contribution < -0.4 is 0 Å². The van der Waals surface area contributed by atoms with E-state index >= 15 is 0 Å². The highest BCUT2D eigenvalue weighted by molar-refractivity contribution is 6.06. The van der Waals surface area contributed by atoms with Gasteiger partial charge in [0, 0.05) is 79.0 Å². The minimum absolute atomic E-state index is 0.0896. The Labute approximate surface area is 265 Å². The Balaban J connectivity index is 0.986. The average Bonchev–Trinajstić information content (AvgIpc) is 3.49. The van der Waals surface area contributed by atoms with Gasteiger partial charge in [0.15, 0.2) is 0 Å². The van der Waals surface area contributed by atoms with Gasteiger partial charge in [-0.15, -0.1) is 0 Å². The smallest absolute Gasteiger partial charge is 0.410 e. The van der Waals surface area contributed by atoms with Crippen LogP contribution in [0.15, 0.2) is 43.0 Å². The zero-order valence-corrected chi connectivity index (χ0v) is 26.2. The number of carbonyl (C=O) groups excluding carboxylic acids is 1. The zero-order chi connectivity index (χ0) is 30.8. The molecular weight excluding hydrogens is 582 g/mol. The molecule has 3 spiro atoms. The summed E-state index contributed by atoms with van der Waals surface area (Å²) in [5, 5.41) is 11.2. The van der Waals surface area contributed by atoms with Crippen LogP contribution in [0.4, 0.5) is 4.79 Å². The van der Waals surface area contributed by atoms with E-state index in [4.69, 9.17) is 19.2 Å². The summed E-state index contributed by atoms with van der Waals surface area (Å²) in [7, 11) is 3.91. The Morgan fingerprint density at radius 1 is 1.02 bits per heavy atom. The maximum Gasteiger partial charge on any atom is 0.410 e. The number of rotatable bonds is 3. The van der Waals surface area contributed by atoms with Crippen molar-refractivity contribution in [3.8, 4) is 22.4 Å². The summed E-state index contributed by atoms with van der Waals surface area (Å²) >= 11 is 0. The fraction of sp³-hybridized carbons (Fsp3) is 0.486. The van der Waals surface area contributed by atoms with Gasteiger partial charge in [-0.2, -0.15) is 10.2 Å². The van der Waals surface area contributed by atoms with E-state index in [-0.39, 0.29) is 28.8 Å². The van der Waals surface area contributed by atoms with Gasteiger partial charge in [-0.25, -0.2) is 9.78 Å². The number of hydrogen-bond donors (Lipinski definition) is 1. The lowest BCUT2D eigenvalue weighted by Crippen LogP contribution is -2.55. The molecule has 0 unspecified atom stereocenters. The van der Waals surface area contributed by atoms with E-state index in [0.29, 0.717) is 13.2 Å². The average molecular weight is 620 g/mol. The number of carbonyl (C=O) groups is 1. The fourth-order valence-corrected chi connectivity index (χ4v) is 9.12. The summed E-state index contributed by atoms with van der Waals surface area (Å²) in [4.78, 5) is 23.6. The molecule has 2 saturated heterocycles. The molecule has 11 heteroatoms. The van der Waals surface area contributed by atoms with Crippen LogP contribution in [0.3, 0.4) is 0 Å². The molecule has 1 N–H and O–H groups in total. The molecule has 10 rings (SSSR count). The Bertz CT molecular complexity index is 2050. The highest BCUT2D eigenvalue weighted by Crippen LogP contribution is 2.65. The first-order valence-electron chi connectivity index (χ1n) is 16.5. The number of nitrogens with zero attached hydrogens (tertiary/aromatic N) is 6. The van der Waals surface area contributed by atoms with Gasteiger partial charge in [-0.1, -0.05) is 6.07 Å². The van der Waals surface area contributed by atoms with Crippen LogP contribution in [-0.2, 0) is 40.5 Å². The molecule has 4 aromatic heterocycles. The van der Waals surface area contributed by atoms with E-state index in [0.717, 1.165) is 108 Å². The normalized spacial score (nSPS) is 23.5. The van der Waals surface area contributed by atoms with Gasteiger partial charge in [-0.3, -0.25) is 9.36 Å². The molecule has 4 fully saturated rings. The number of hydrogen-bond acceptors (Lipinski definition) is 7. The largest absolute Gasteiger partial charge is 0.443 e. The molecule has 5 aliphatic rings. The molecule has 0 bridgehead atoms. The maximum atomic E-state index is 13.1. The first kappa shape index (κ1) is 26.9. The van der Waals surface area contributed by atoms with Crippen molar-refractivity contribution in [3.05, 3.63) is 54.1 Å². The first-order valence-corrected chi connectivity index (χ1v) is 16.5. The molecule has 2 aliphatic carbocycles. The molecule has 7 heterocycles. The van der Waals surface area contributed by atoms with Crippen LogP contribution in [-0.4, -0.2) is 71.9 Å². The lowest BCUT2D eigenvalue weighted by atomic mass is 9.53. The summed E-state index contributed by atoms with van der Waals surface area (Å²) in [5.41, 5.74) is 8.28. The van der Waals surface area contributed by atoms with Gasteiger partial charge >= 0.3 is 6.09 Å². The number of benzene rings is 1. The Morgan fingerprint density at radius 3 is 2.65 bits per heavy atom. The maximum absolute atomic E-state index is 13.1. The monoisotopic (exact) mass is 619 g/mol. The molecular formula is C35H37N7O4. The molecule has 236 valence electrons. The van der Waals surface area contributed by atoms with Crippen LogP contribution in [0.2, 0.25) is 0 Å². The standard InChI is InChI=1S/C35H37N7O4/c1-40-17-23(16-37-40)30-27(21-3-4-25-22(13-21)15-38-41(25)2)28-29-24(14-36-31(28)39-30)18-45-35(29)19-33(20-35)8-10-42(11-9-33)32(43)46-26-5-12-44-34(26)6-7-34/h3-4,13-17,26H,5-12,18-20H2,1-2H3,(H,36,39)/t26-/m0/s1. The second-order valence-electron chi connectivity index (χ2n) is 14.4. The second-order valence-corrected chi connectivity index (χ2v) is 14.4. The Morgan fingerprint density at radius 2 is 1.87 bits per heavy atom. The van der Waals surface area contributed by atoms with Crippen LogP contribution in [0.5, 0.6) is 0 Å². The SMILES string of the molecule is Cn1cc(-c2[nH]c3ncc4c(c3c2-c2ccc3c(cnn3C)c2)C2(CC3(CCN(C(=O)O[C@H]5CCOC56CC6)CC3)C2)OC4)cn1. The molecule has 46 heavy (non-hydrogen) atoms. The Kier molecular flexibility index (Phi) is 5.39. The van der Waals surface area contributed by atoms with Gasteiger partial charge in [0.25, 0.3) is 0 Å². The van der Waals surface area contributed by atoms with E-state index in [9.17, 15) is 4.79 Å². The number of nitrogens with one attached hydrogen (secondary N) is 1. The van der Waals surface area contributed by atoms with Gasteiger partial charge < -0.3 is 24.1 Å². The van der Waals surface area contributed by atoms with Crippen molar-refractivity contribution in [3.63, 3.8) is 0 Å². The van der Waals surface area contributed by atoms with Gasteiger partial charge in [0.1, 0.15) is 17.4 Å². The third-order valence-corrected chi connectivity index (χ3v) is 11.6. The number of aryl methyl sites for hydroxylation is 2. The van der Waals surface area contributed by atoms with E-state index in [1.165, 1.54) is 5.56 Å². The number of fused-ring (bicyclic) bond motifs is 5. The molecule has 2 saturated carbocycles. The number of likely N-dealkylation sites (tertiary alicyclic amines) is 1. The number of H-pyrrole nitrogens is 1. The predicted molar refractivity (Wildman–Crippen MR) is 170 cm³/mol. The third kappa shape index (κ3) is 3.78. The van der Waals surface area contributed by atoms with Crippen molar-refractivity contribution in [1.82, 2.24) is 34.4 Å². The first-order chi connectivity index (χ1) is 22.3. The van der Waals surface area contributed by atoms with Crippen molar-refractivity contribution in [1.29, 1.82) is 0 Å². The third-order valence-electron chi connectivity index (χ3n) is 11.6. The van der Waals surface area contributed by atoms with E-state index in [1.54, 1.807) is 0 Å². The summed E-state index contributed by atoms with van der Waals surface area (Å²) < 4.78 is 22.4. The van der Waals surface area contributed by atoms with E-state index in [1.807, 2.05) is 53.1 Å². The molecule has 1 aromatic carbocycles. The zero-order valence-electron chi connectivity index (χ0n) is 26.2. The highest BCUT2D eigenvalue weighted by atomic mass is 16.6. The number of amides is 1. The molecule has 1 amide bonds.